The van der Waals surface area contributed by atoms with E-state index in [0.717, 1.165) is 17.5 Å². The van der Waals surface area contributed by atoms with E-state index in [1.165, 1.54) is 5.56 Å². The maximum Gasteiger partial charge on any atom is 0.145 e. The number of rotatable bonds is 2. The molecule has 0 aliphatic heterocycles. The Kier molecular flexibility index (Phi) is 3.49. The van der Waals surface area contributed by atoms with Crippen LogP contribution in [0.25, 0.3) is 0 Å². The molecule has 2 aromatic rings. The third-order valence-corrected chi connectivity index (χ3v) is 4.15. The standard InChI is InChI=1S/C17H15ClO2/c1-20-16-10-12(6-8-14(16)18)17-13-5-3-2-4-11(13)7-9-15(17)19/h2-6,8,10,17H,7,9H2,1H3. The summed E-state index contributed by atoms with van der Waals surface area (Å²) in [7, 11) is 1.58. The van der Waals surface area contributed by atoms with Crippen LogP contribution < -0.4 is 4.74 Å². The van der Waals surface area contributed by atoms with Gasteiger partial charge in [-0.3, -0.25) is 4.79 Å². The Bertz CT molecular complexity index is 664. The summed E-state index contributed by atoms with van der Waals surface area (Å²) in [4.78, 5) is 12.4. The molecule has 3 heteroatoms. The minimum Gasteiger partial charge on any atom is -0.495 e. The van der Waals surface area contributed by atoms with Crippen molar-refractivity contribution in [2.24, 2.45) is 0 Å². The highest BCUT2D eigenvalue weighted by Crippen LogP contribution is 2.37. The Morgan fingerprint density at radius 2 is 1.95 bits per heavy atom. The van der Waals surface area contributed by atoms with E-state index in [1.807, 2.05) is 30.3 Å². The minimum atomic E-state index is -0.203. The monoisotopic (exact) mass is 286 g/mol. The number of benzene rings is 2. The zero-order valence-electron chi connectivity index (χ0n) is 11.2. The lowest BCUT2D eigenvalue weighted by Gasteiger charge is -2.25. The molecule has 0 amide bonds. The van der Waals surface area contributed by atoms with Crippen molar-refractivity contribution in [1.82, 2.24) is 0 Å². The van der Waals surface area contributed by atoms with Gasteiger partial charge in [0.2, 0.25) is 0 Å². The number of carbonyl (C=O) groups excluding carboxylic acids is 1. The molecule has 0 saturated heterocycles. The second-order valence-corrected chi connectivity index (χ2v) is 5.40. The van der Waals surface area contributed by atoms with Crippen molar-refractivity contribution in [2.45, 2.75) is 18.8 Å². The van der Waals surface area contributed by atoms with Crippen LogP contribution in [0.4, 0.5) is 0 Å². The molecule has 0 N–H and O–H groups in total. The van der Waals surface area contributed by atoms with E-state index < -0.39 is 0 Å². The molecule has 0 heterocycles. The van der Waals surface area contributed by atoms with Gasteiger partial charge in [0.05, 0.1) is 18.1 Å². The zero-order valence-corrected chi connectivity index (χ0v) is 12.0. The minimum absolute atomic E-state index is 0.203. The number of Topliss-reactive ketones (excluding diaryl/α,β-unsaturated/α-hetero) is 1. The van der Waals surface area contributed by atoms with Crippen LogP contribution in [-0.4, -0.2) is 12.9 Å². The Labute approximate surface area is 123 Å². The van der Waals surface area contributed by atoms with E-state index in [9.17, 15) is 4.79 Å². The van der Waals surface area contributed by atoms with E-state index in [4.69, 9.17) is 16.3 Å². The fourth-order valence-corrected chi connectivity index (χ4v) is 3.04. The summed E-state index contributed by atoms with van der Waals surface area (Å²) in [6.07, 6.45) is 1.42. The Balaban J connectivity index is 2.11. The van der Waals surface area contributed by atoms with Crippen LogP contribution in [0.3, 0.4) is 0 Å². The summed E-state index contributed by atoms with van der Waals surface area (Å²) < 4.78 is 5.26. The first-order valence-electron chi connectivity index (χ1n) is 6.64. The quantitative estimate of drug-likeness (QED) is 0.834. The summed E-state index contributed by atoms with van der Waals surface area (Å²) in [6, 6.07) is 13.7. The molecule has 1 aliphatic carbocycles. The molecule has 1 unspecified atom stereocenters. The Morgan fingerprint density at radius 1 is 1.15 bits per heavy atom. The van der Waals surface area contributed by atoms with E-state index in [0.29, 0.717) is 17.2 Å². The maximum atomic E-state index is 12.4. The molecule has 0 saturated carbocycles. The van der Waals surface area contributed by atoms with E-state index in [1.54, 1.807) is 13.2 Å². The summed E-state index contributed by atoms with van der Waals surface area (Å²) in [5.41, 5.74) is 3.31. The van der Waals surface area contributed by atoms with Crippen molar-refractivity contribution in [3.8, 4) is 5.75 Å². The number of aryl methyl sites for hydroxylation is 1. The lowest BCUT2D eigenvalue weighted by atomic mass is 9.78. The first-order chi connectivity index (χ1) is 9.70. The van der Waals surface area contributed by atoms with Crippen LogP contribution in [0, 0.1) is 0 Å². The molecular weight excluding hydrogens is 272 g/mol. The van der Waals surface area contributed by atoms with Crippen molar-refractivity contribution in [2.75, 3.05) is 7.11 Å². The van der Waals surface area contributed by atoms with Gasteiger partial charge in [0, 0.05) is 6.42 Å². The SMILES string of the molecule is COc1cc(C2C(=O)CCc3ccccc32)ccc1Cl. The summed E-state index contributed by atoms with van der Waals surface area (Å²) >= 11 is 6.06. The van der Waals surface area contributed by atoms with Crippen molar-refractivity contribution >= 4 is 17.4 Å². The molecule has 0 aromatic heterocycles. The van der Waals surface area contributed by atoms with E-state index >= 15 is 0 Å². The van der Waals surface area contributed by atoms with Gasteiger partial charge in [0.25, 0.3) is 0 Å². The maximum absolute atomic E-state index is 12.4. The first kappa shape index (κ1) is 13.2. The van der Waals surface area contributed by atoms with Crippen molar-refractivity contribution < 1.29 is 9.53 Å². The highest BCUT2D eigenvalue weighted by atomic mass is 35.5. The predicted molar refractivity (Wildman–Crippen MR) is 79.6 cm³/mol. The van der Waals surface area contributed by atoms with Gasteiger partial charge in [-0.05, 0) is 35.2 Å². The zero-order chi connectivity index (χ0) is 14.1. The Morgan fingerprint density at radius 3 is 2.75 bits per heavy atom. The number of hydrogen-bond donors (Lipinski definition) is 0. The topological polar surface area (TPSA) is 26.3 Å². The first-order valence-corrected chi connectivity index (χ1v) is 7.02. The van der Waals surface area contributed by atoms with Crippen LogP contribution in [0.15, 0.2) is 42.5 Å². The van der Waals surface area contributed by atoms with Gasteiger partial charge in [0.15, 0.2) is 0 Å². The van der Waals surface area contributed by atoms with Crippen molar-refractivity contribution in [1.29, 1.82) is 0 Å². The van der Waals surface area contributed by atoms with Gasteiger partial charge in [0.1, 0.15) is 11.5 Å². The summed E-state index contributed by atoms with van der Waals surface area (Å²) in [6.45, 7) is 0. The van der Waals surface area contributed by atoms with Crippen LogP contribution in [0.5, 0.6) is 5.75 Å². The van der Waals surface area contributed by atoms with Crippen LogP contribution >= 0.6 is 11.6 Å². The number of carbonyl (C=O) groups is 1. The largest absolute Gasteiger partial charge is 0.495 e. The predicted octanol–water partition coefficient (Wildman–Crippen LogP) is 4.00. The van der Waals surface area contributed by atoms with Gasteiger partial charge in [-0.2, -0.15) is 0 Å². The third-order valence-electron chi connectivity index (χ3n) is 3.84. The third kappa shape index (κ3) is 2.20. The molecule has 102 valence electrons. The van der Waals surface area contributed by atoms with E-state index in [2.05, 4.69) is 6.07 Å². The lowest BCUT2D eigenvalue weighted by Crippen LogP contribution is -2.21. The average molecular weight is 287 g/mol. The molecule has 2 aromatic carbocycles. The molecule has 0 fully saturated rings. The molecule has 20 heavy (non-hydrogen) atoms. The number of hydrogen-bond acceptors (Lipinski definition) is 2. The van der Waals surface area contributed by atoms with Gasteiger partial charge in [-0.15, -0.1) is 0 Å². The number of fused-ring (bicyclic) bond motifs is 1. The Hall–Kier alpha value is -1.80. The average Bonchev–Trinajstić information content (AvgIpc) is 2.48. The number of ketones is 1. The smallest absolute Gasteiger partial charge is 0.145 e. The molecule has 2 nitrogen and oxygen atoms in total. The normalized spacial score (nSPS) is 17.7. The van der Waals surface area contributed by atoms with Crippen LogP contribution in [-0.2, 0) is 11.2 Å². The van der Waals surface area contributed by atoms with Gasteiger partial charge >= 0.3 is 0 Å². The second-order valence-electron chi connectivity index (χ2n) is 4.99. The summed E-state index contributed by atoms with van der Waals surface area (Å²) in [5.74, 6) is 0.666. The molecule has 0 radical (unpaired) electrons. The molecular formula is C17H15ClO2. The molecule has 3 rings (SSSR count). The number of ether oxygens (including phenoxy) is 1. The second kappa shape index (κ2) is 5.29. The lowest BCUT2D eigenvalue weighted by molar-refractivity contribution is -0.120. The van der Waals surface area contributed by atoms with Crippen molar-refractivity contribution in [3.05, 3.63) is 64.2 Å². The fraction of sp³-hybridized carbons (Fsp3) is 0.235. The van der Waals surface area contributed by atoms with Gasteiger partial charge < -0.3 is 4.74 Å². The van der Waals surface area contributed by atoms with Crippen LogP contribution in [0.1, 0.15) is 29.0 Å². The number of halogens is 1. The van der Waals surface area contributed by atoms with Gasteiger partial charge in [-0.25, -0.2) is 0 Å². The van der Waals surface area contributed by atoms with Crippen LogP contribution in [0.2, 0.25) is 5.02 Å². The highest BCUT2D eigenvalue weighted by molar-refractivity contribution is 6.32. The van der Waals surface area contributed by atoms with E-state index in [-0.39, 0.29) is 11.7 Å². The molecule has 1 aliphatic rings. The van der Waals surface area contributed by atoms with Gasteiger partial charge in [-0.1, -0.05) is 41.9 Å². The fourth-order valence-electron chi connectivity index (χ4n) is 2.84. The molecule has 0 spiro atoms. The summed E-state index contributed by atoms with van der Waals surface area (Å²) in [5, 5.41) is 0.563. The number of methoxy groups -OCH3 is 1. The molecule has 1 atom stereocenters. The van der Waals surface area contributed by atoms with Crippen molar-refractivity contribution in [3.63, 3.8) is 0 Å². The molecule has 0 bridgehead atoms. The highest BCUT2D eigenvalue weighted by Gasteiger charge is 2.29.